The van der Waals surface area contributed by atoms with Crippen LogP contribution in [-0.4, -0.2) is 136 Å². The van der Waals surface area contributed by atoms with Gasteiger partial charge in [-0.25, -0.2) is 4.98 Å². The van der Waals surface area contributed by atoms with E-state index in [1.54, 1.807) is 48.9 Å². The second kappa shape index (κ2) is 20.0. The van der Waals surface area contributed by atoms with Crippen molar-refractivity contribution in [3.63, 3.8) is 0 Å². The first-order valence-electron chi connectivity index (χ1n) is 22.5. The van der Waals surface area contributed by atoms with E-state index in [2.05, 4.69) is 25.4 Å². The number of piperidine rings is 3. The van der Waals surface area contributed by atoms with E-state index in [1.807, 2.05) is 34.1 Å². The Morgan fingerprint density at radius 2 is 1.65 bits per heavy atom. The molecule has 5 aliphatic heterocycles. The van der Waals surface area contributed by atoms with Gasteiger partial charge in [0.2, 0.25) is 23.6 Å². The molecule has 0 spiro atoms. The van der Waals surface area contributed by atoms with Crippen LogP contribution in [0.4, 0.5) is 5.82 Å². The lowest BCUT2D eigenvalue weighted by molar-refractivity contribution is -0.137. The molecule has 4 saturated heterocycles. The first-order valence-corrected chi connectivity index (χ1v) is 22.5. The predicted octanol–water partition coefficient (Wildman–Crippen LogP) is 2.90. The van der Waals surface area contributed by atoms with Crippen molar-refractivity contribution >= 4 is 47.3 Å². The van der Waals surface area contributed by atoms with Gasteiger partial charge in [0.1, 0.15) is 17.9 Å². The minimum atomic E-state index is -0.937. The van der Waals surface area contributed by atoms with Crippen LogP contribution in [0, 0.1) is 5.92 Å². The molecule has 8 rings (SSSR count). The SMILES string of the molecule is NC(C(=O)N1CCN(C2CCN(c3ccc(C(=O)N4CCC(CCCCNC(=O)/C=C/c5cccnc5)CC4)cn3)CC2)CC1)c1cccc2c1CN(C1CCC(=O)NC1=O)C2=O. The molecule has 16 heteroatoms. The fourth-order valence-corrected chi connectivity index (χ4v) is 9.78. The highest BCUT2D eigenvalue weighted by atomic mass is 16.2. The van der Waals surface area contributed by atoms with Crippen LogP contribution in [0.1, 0.15) is 101 Å². The summed E-state index contributed by atoms with van der Waals surface area (Å²) in [6.45, 7) is 6.63. The molecule has 2 aromatic heterocycles. The number of aromatic nitrogens is 2. The van der Waals surface area contributed by atoms with Crippen molar-refractivity contribution in [2.45, 2.75) is 82.5 Å². The van der Waals surface area contributed by atoms with Crippen molar-refractivity contribution in [1.82, 2.24) is 40.2 Å². The second-order valence-corrected chi connectivity index (χ2v) is 17.4. The summed E-state index contributed by atoms with van der Waals surface area (Å²) in [6.07, 6.45) is 15.9. The lowest BCUT2D eigenvalue weighted by Crippen LogP contribution is -2.55. The third-order valence-corrected chi connectivity index (χ3v) is 13.5. The highest BCUT2D eigenvalue weighted by molar-refractivity contribution is 6.05. The van der Waals surface area contributed by atoms with Gasteiger partial charge in [0, 0.05) is 108 Å². The van der Waals surface area contributed by atoms with Gasteiger partial charge in [0.25, 0.3) is 11.8 Å². The number of fused-ring (bicyclic) bond motifs is 1. The van der Waals surface area contributed by atoms with Gasteiger partial charge in [-0.1, -0.05) is 31.0 Å². The standard InChI is InChI=1S/C47H58N10O6/c48-43(36-7-3-8-37-38(36)31-57(46(37)62)39-11-14-42(59)52-44(39)60)47(63)56-27-25-53(26-28-56)35-17-23-54(24-18-35)40-12-10-34(30-51-40)45(61)55-21-15-32(16-22-55)5-1-2-20-50-41(58)13-9-33-6-4-19-49-29-33/h3-4,6-10,12-13,19,29-30,32,35,39,43H,1-2,5,11,14-18,20-28,31,48H2,(H,50,58)(H,52,59,60)/b13-9+. The van der Waals surface area contributed by atoms with Crippen LogP contribution in [-0.2, 0) is 25.7 Å². The van der Waals surface area contributed by atoms with Gasteiger partial charge >= 0.3 is 0 Å². The molecule has 3 aromatic rings. The predicted molar refractivity (Wildman–Crippen MR) is 236 cm³/mol. The summed E-state index contributed by atoms with van der Waals surface area (Å²) in [5, 5.41) is 5.28. The van der Waals surface area contributed by atoms with Crippen LogP contribution in [0.5, 0.6) is 0 Å². The Balaban J connectivity index is 0.727. The quantitative estimate of drug-likeness (QED) is 0.130. The maximum Gasteiger partial charge on any atom is 0.255 e. The molecular weight excluding hydrogens is 801 g/mol. The van der Waals surface area contributed by atoms with E-state index in [4.69, 9.17) is 10.7 Å². The number of imide groups is 1. The fourth-order valence-electron chi connectivity index (χ4n) is 9.78. The molecule has 0 aliphatic carbocycles. The summed E-state index contributed by atoms with van der Waals surface area (Å²) >= 11 is 0. The van der Waals surface area contributed by atoms with Gasteiger partial charge in [0.05, 0.1) is 5.56 Å². The van der Waals surface area contributed by atoms with E-state index >= 15 is 0 Å². The van der Waals surface area contributed by atoms with Crippen LogP contribution >= 0.6 is 0 Å². The van der Waals surface area contributed by atoms with Gasteiger partial charge in [-0.15, -0.1) is 0 Å². The summed E-state index contributed by atoms with van der Waals surface area (Å²) in [7, 11) is 0. The molecule has 1 aromatic carbocycles. The normalized spacial score (nSPS) is 20.8. The van der Waals surface area contributed by atoms with Crippen LogP contribution in [0.25, 0.3) is 6.08 Å². The minimum absolute atomic E-state index is 0.0334. The number of piperazine rings is 1. The average Bonchev–Trinajstić information content (AvgIpc) is 3.66. The second-order valence-electron chi connectivity index (χ2n) is 17.4. The number of hydrogen-bond acceptors (Lipinski definition) is 11. The molecule has 0 saturated carbocycles. The Bertz CT molecular complexity index is 2180. The van der Waals surface area contributed by atoms with Crippen LogP contribution in [0.3, 0.4) is 0 Å². The van der Waals surface area contributed by atoms with Gasteiger partial charge in [0.15, 0.2) is 0 Å². The monoisotopic (exact) mass is 858 g/mol. The third kappa shape index (κ3) is 10.3. The number of hydrogen-bond donors (Lipinski definition) is 3. The molecule has 4 fully saturated rings. The molecule has 4 N–H and O–H groups in total. The summed E-state index contributed by atoms with van der Waals surface area (Å²) in [5.41, 5.74) is 9.83. The zero-order valence-corrected chi connectivity index (χ0v) is 35.8. The van der Waals surface area contributed by atoms with Crippen molar-refractivity contribution in [2.24, 2.45) is 11.7 Å². The Morgan fingerprint density at radius 1 is 0.857 bits per heavy atom. The van der Waals surface area contributed by atoms with Crippen LogP contribution in [0.15, 0.2) is 67.1 Å². The van der Waals surface area contributed by atoms with E-state index < -0.39 is 18.0 Å². The minimum Gasteiger partial charge on any atom is -0.357 e. The first kappa shape index (κ1) is 43.6. The molecule has 5 aliphatic rings. The summed E-state index contributed by atoms with van der Waals surface area (Å²) in [4.78, 5) is 95.6. The number of anilines is 1. The number of unbranched alkanes of at least 4 members (excludes halogenated alkanes) is 1. The molecule has 2 atom stereocenters. The first-order chi connectivity index (χ1) is 30.6. The van der Waals surface area contributed by atoms with Crippen LogP contribution < -0.4 is 21.3 Å². The molecular formula is C47H58N10O6. The number of benzene rings is 1. The molecule has 0 radical (unpaired) electrons. The van der Waals surface area contributed by atoms with Crippen molar-refractivity contribution in [2.75, 3.05) is 63.8 Å². The van der Waals surface area contributed by atoms with Crippen LogP contribution in [0.2, 0.25) is 0 Å². The molecule has 63 heavy (non-hydrogen) atoms. The van der Waals surface area contributed by atoms with Crippen molar-refractivity contribution < 1.29 is 28.8 Å². The largest absolute Gasteiger partial charge is 0.357 e. The number of pyridine rings is 2. The molecule has 0 bridgehead atoms. The van der Waals surface area contributed by atoms with Gasteiger partial charge in [-0.3, -0.25) is 44.0 Å². The van der Waals surface area contributed by atoms with Crippen molar-refractivity contribution in [3.8, 4) is 0 Å². The van der Waals surface area contributed by atoms with Crippen molar-refractivity contribution in [1.29, 1.82) is 0 Å². The third-order valence-electron chi connectivity index (χ3n) is 13.5. The molecule has 332 valence electrons. The number of nitrogens with one attached hydrogen (secondary N) is 2. The summed E-state index contributed by atoms with van der Waals surface area (Å²) < 4.78 is 0. The number of nitrogens with zero attached hydrogens (tertiary/aromatic N) is 7. The number of nitrogens with two attached hydrogens (primary N) is 1. The Kier molecular flexibility index (Phi) is 13.9. The number of carbonyl (C=O) groups is 6. The number of rotatable bonds is 13. The lowest BCUT2D eigenvalue weighted by atomic mass is 9.91. The van der Waals surface area contributed by atoms with Gasteiger partial charge < -0.3 is 30.7 Å². The Labute approximate surface area is 368 Å². The maximum atomic E-state index is 13.7. The number of carbonyl (C=O) groups excluding carboxylic acids is 6. The highest BCUT2D eigenvalue weighted by Crippen LogP contribution is 2.33. The zero-order chi connectivity index (χ0) is 43.9. The Morgan fingerprint density at radius 3 is 2.37 bits per heavy atom. The van der Waals surface area contributed by atoms with E-state index in [0.29, 0.717) is 53.8 Å². The summed E-state index contributed by atoms with van der Waals surface area (Å²) in [5.74, 6) is 0.111. The van der Waals surface area contributed by atoms with E-state index in [9.17, 15) is 28.8 Å². The lowest BCUT2D eigenvalue weighted by Gasteiger charge is -2.43. The topological polar surface area (TPSA) is 194 Å². The zero-order valence-electron chi connectivity index (χ0n) is 35.8. The van der Waals surface area contributed by atoms with Gasteiger partial charge in [-0.2, -0.15) is 0 Å². The fraction of sp³-hybridized carbons (Fsp3) is 0.489. The summed E-state index contributed by atoms with van der Waals surface area (Å²) in [6, 6.07) is 11.5. The smallest absolute Gasteiger partial charge is 0.255 e. The molecule has 6 amide bonds. The van der Waals surface area contributed by atoms with Crippen molar-refractivity contribution in [3.05, 3.63) is 94.9 Å². The van der Waals surface area contributed by atoms with Gasteiger partial charge in [-0.05, 0) is 91.5 Å². The molecule has 2 unspecified atom stereocenters. The highest BCUT2D eigenvalue weighted by Gasteiger charge is 2.41. The average molecular weight is 859 g/mol. The maximum absolute atomic E-state index is 13.7. The molecule has 16 nitrogen and oxygen atoms in total. The van der Waals surface area contributed by atoms with E-state index in [-0.39, 0.29) is 48.9 Å². The number of likely N-dealkylation sites (tertiary alicyclic amines) is 1. The van der Waals surface area contributed by atoms with E-state index in [0.717, 1.165) is 95.6 Å². The Hall–Kier alpha value is -6.00. The number of amides is 6. The van der Waals surface area contributed by atoms with E-state index in [1.165, 1.54) is 4.90 Å². The molecule has 7 heterocycles.